The van der Waals surface area contributed by atoms with Gasteiger partial charge in [0.25, 0.3) is 0 Å². The molecular formula is C11H13ClN2O. The van der Waals surface area contributed by atoms with Gasteiger partial charge in [0.15, 0.2) is 0 Å². The Bertz CT molecular complexity index is 399. The third-order valence-corrected chi connectivity index (χ3v) is 2.25. The van der Waals surface area contributed by atoms with Gasteiger partial charge in [0.1, 0.15) is 5.17 Å². The Morgan fingerprint density at radius 3 is 2.67 bits per heavy atom. The maximum atomic E-state index is 9.24. The summed E-state index contributed by atoms with van der Waals surface area (Å²) in [6.45, 7) is 5.20. The quantitative estimate of drug-likeness (QED) is 0.612. The Balaban J connectivity index is 2.98. The van der Waals surface area contributed by atoms with Crippen molar-refractivity contribution < 1.29 is 5.11 Å². The molecule has 1 aromatic rings. The van der Waals surface area contributed by atoms with Crippen LogP contribution in [-0.4, -0.2) is 16.4 Å². The third-order valence-electron chi connectivity index (χ3n) is 1.92. The molecule has 0 aliphatic heterocycles. The molecule has 15 heavy (non-hydrogen) atoms. The number of aliphatic hydroxyl groups is 1. The minimum absolute atomic E-state index is 0.169. The fraction of sp³-hybridized carbons (Fsp3) is 0.182. The average Bonchev–Trinajstić information content (AvgIpc) is 2.20. The van der Waals surface area contributed by atoms with Crippen molar-refractivity contribution in [2.75, 3.05) is 5.73 Å². The van der Waals surface area contributed by atoms with Crippen LogP contribution in [0.1, 0.15) is 6.92 Å². The minimum Gasteiger partial charge on any atom is -0.397 e. The number of hydrogen-bond donors (Lipinski definition) is 2. The highest BCUT2D eigenvalue weighted by Gasteiger charge is 2.08. The smallest absolute Gasteiger partial charge is 0.135 e. The van der Waals surface area contributed by atoms with E-state index >= 15 is 0 Å². The summed E-state index contributed by atoms with van der Waals surface area (Å²) in [5.41, 5.74) is 7.17. The van der Waals surface area contributed by atoms with E-state index in [1.807, 2.05) is 12.1 Å². The van der Waals surface area contributed by atoms with Gasteiger partial charge in [-0.05, 0) is 19.1 Å². The first kappa shape index (κ1) is 11.8. The third kappa shape index (κ3) is 3.08. The first-order valence-corrected chi connectivity index (χ1v) is 4.86. The number of para-hydroxylation sites is 2. The molecule has 0 saturated heterocycles. The van der Waals surface area contributed by atoms with Crippen LogP contribution in [-0.2, 0) is 0 Å². The normalized spacial score (nSPS) is 13.7. The van der Waals surface area contributed by atoms with Crippen molar-refractivity contribution in [2.24, 2.45) is 4.99 Å². The molecule has 80 valence electrons. The molecule has 1 unspecified atom stereocenters. The molecule has 0 bridgehead atoms. The Kier molecular flexibility index (Phi) is 3.88. The number of rotatable bonds is 3. The molecule has 0 aliphatic carbocycles. The lowest BCUT2D eigenvalue weighted by molar-refractivity contribution is 0.238. The molecule has 0 amide bonds. The van der Waals surface area contributed by atoms with Gasteiger partial charge in [0.05, 0.1) is 17.5 Å². The number of anilines is 1. The van der Waals surface area contributed by atoms with Gasteiger partial charge < -0.3 is 10.8 Å². The molecule has 1 aromatic carbocycles. The molecule has 0 saturated carbocycles. The second-order valence-corrected chi connectivity index (χ2v) is 3.52. The van der Waals surface area contributed by atoms with E-state index in [9.17, 15) is 5.11 Å². The van der Waals surface area contributed by atoms with E-state index in [1.165, 1.54) is 0 Å². The van der Waals surface area contributed by atoms with Crippen LogP contribution in [0.2, 0.25) is 0 Å². The second-order valence-electron chi connectivity index (χ2n) is 3.16. The van der Waals surface area contributed by atoms with Crippen LogP contribution in [0.15, 0.2) is 41.4 Å². The monoisotopic (exact) mass is 224 g/mol. The molecule has 3 N–H and O–H groups in total. The van der Waals surface area contributed by atoms with Crippen molar-refractivity contribution in [1.29, 1.82) is 0 Å². The number of nitrogen functional groups attached to an aromatic ring is 1. The Morgan fingerprint density at radius 1 is 1.53 bits per heavy atom. The van der Waals surface area contributed by atoms with Gasteiger partial charge in [-0.3, -0.25) is 0 Å². The van der Waals surface area contributed by atoms with Gasteiger partial charge in [-0.25, -0.2) is 4.99 Å². The number of aliphatic hydroxyl groups excluding tert-OH is 1. The highest BCUT2D eigenvalue weighted by atomic mass is 35.5. The van der Waals surface area contributed by atoms with Crippen LogP contribution >= 0.6 is 11.6 Å². The van der Waals surface area contributed by atoms with E-state index in [0.717, 1.165) is 0 Å². The van der Waals surface area contributed by atoms with Crippen molar-refractivity contribution >= 4 is 28.1 Å². The second kappa shape index (κ2) is 4.96. The van der Waals surface area contributed by atoms with E-state index in [0.29, 0.717) is 16.9 Å². The van der Waals surface area contributed by atoms with Crippen LogP contribution in [0.4, 0.5) is 11.4 Å². The largest absolute Gasteiger partial charge is 0.397 e. The van der Waals surface area contributed by atoms with Gasteiger partial charge in [0.2, 0.25) is 0 Å². The van der Waals surface area contributed by atoms with E-state index < -0.39 is 6.10 Å². The Labute approximate surface area is 93.9 Å². The van der Waals surface area contributed by atoms with Crippen LogP contribution in [0.3, 0.4) is 0 Å². The fourth-order valence-electron chi connectivity index (χ4n) is 0.939. The molecule has 0 radical (unpaired) electrons. The van der Waals surface area contributed by atoms with Gasteiger partial charge in [0, 0.05) is 5.57 Å². The number of nitrogens with zero attached hydrogens (tertiary/aromatic N) is 1. The van der Waals surface area contributed by atoms with Gasteiger partial charge >= 0.3 is 0 Å². The SMILES string of the molecule is C=C(C(Cl)=Nc1ccccc1N)C(C)O. The van der Waals surface area contributed by atoms with E-state index in [1.54, 1.807) is 19.1 Å². The average molecular weight is 225 g/mol. The van der Waals surface area contributed by atoms with Gasteiger partial charge in [-0.1, -0.05) is 30.3 Å². The molecular weight excluding hydrogens is 212 g/mol. The van der Waals surface area contributed by atoms with Gasteiger partial charge in [-0.15, -0.1) is 0 Å². The number of hydrogen-bond acceptors (Lipinski definition) is 3. The molecule has 0 aromatic heterocycles. The summed E-state index contributed by atoms with van der Waals surface area (Å²) in [5.74, 6) is 0. The highest BCUT2D eigenvalue weighted by Crippen LogP contribution is 2.22. The number of halogens is 1. The van der Waals surface area contributed by atoms with Gasteiger partial charge in [-0.2, -0.15) is 0 Å². The standard InChI is InChI=1S/C11H13ClN2O/c1-7(8(2)15)11(12)14-10-6-4-3-5-9(10)13/h3-6,8,15H,1,13H2,2H3. The summed E-state index contributed by atoms with van der Waals surface area (Å²) < 4.78 is 0. The molecule has 1 rings (SSSR count). The first-order chi connectivity index (χ1) is 7.02. The molecule has 1 atom stereocenters. The van der Waals surface area contributed by atoms with E-state index in [-0.39, 0.29) is 5.17 Å². The lowest BCUT2D eigenvalue weighted by Gasteiger charge is -2.06. The van der Waals surface area contributed by atoms with Crippen LogP contribution in [0.25, 0.3) is 0 Å². The van der Waals surface area contributed by atoms with Crippen LogP contribution < -0.4 is 5.73 Å². The maximum absolute atomic E-state index is 9.24. The Hall–Kier alpha value is -1.32. The summed E-state index contributed by atoms with van der Waals surface area (Å²) >= 11 is 5.87. The number of aliphatic imine (C=N–C) groups is 1. The summed E-state index contributed by atoms with van der Waals surface area (Å²) in [7, 11) is 0. The minimum atomic E-state index is -0.716. The summed E-state index contributed by atoms with van der Waals surface area (Å²) in [4.78, 5) is 4.08. The number of benzene rings is 1. The zero-order valence-corrected chi connectivity index (χ0v) is 9.20. The summed E-state index contributed by atoms with van der Waals surface area (Å²) in [5, 5.41) is 9.41. The highest BCUT2D eigenvalue weighted by molar-refractivity contribution is 6.69. The Morgan fingerprint density at radius 2 is 2.13 bits per heavy atom. The number of nitrogens with two attached hydrogens (primary N) is 1. The van der Waals surface area contributed by atoms with Crippen LogP contribution in [0, 0.1) is 0 Å². The van der Waals surface area contributed by atoms with Crippen LogP contribution in [0.5, 0.6) is 0 Å². The zero-order valence-electron chi connectivity index (χ0n) is 8.44. The topological polar surface area (TPSA) is 58.6 Å². The van der Waals surface area contributed by atoms with E-state index in [2.05, 4.69) is 11.6 Å². The lowest BCUT2D eigenvalue weighted by atomic mass is 10.2. The lowest BCUT2D eigenvalue weighted by Crippen LogP contribution is -2.08. The van der Waals surface area contributed by atoms with Crippen molar-refractivity contribution in [2.45, 2.75) is 13.0 Å². The zero-order chi connectivity index (χ0) is 11.4. The first-order valence-electron chi connectivity index (χ1n) is 4.48. The molecule has 0 fully saturated rings. The molecule has 0 heterocycles. The summed E-state index contributed by atoms with van der Waals surface area (Å²) in [6.07, 6.45) is -0.716. The van der Waals surface area contributed by atoms with Crippen molar-refractivity contribution in [3.05, 3.63) is 36.4 Å². The van der Waals surface area contributed by atoms with Crippen molar-refractivity contribution in [1.82, 2.24) is 0 Å². The van der Waals surface area contributed by atoms with Crippen molar-refractivity contribution in [3.8, 4) is 0 Å². The summed E-state index contributed by atoms with van der Waals surface area (Å²) in [6, 6.07) is 7.09. The maximum Gasteiger partial charge on any atom is 0.135 e. The van der Waals surface area contributed by atoms with Crippen molar-refractivity contribution in [3.63, 3.8) is 0 Å². The predicted octanol–water partition coefficient (Wildman–Crippen LogP) is 2.47. The molecule has 4 heteroatoms. The molecule has 0 aliphatic rings. The molecule has 0 spiro atoms. The molecule has 3 nitrogen and oxygen atoms in total. The fourth-order valence-corrected chi connectivity index (χ4v) is 1.19. The predicted molar refractivity (Wildman–Crippen MR) is 64.6 cm³/mol. The van der Waals surface area contributed by atoms with E-state index in [4.69, 9.17) is 17.3 Å².